The SMILES string of the molecule is CCC(C(=O)NC(C)c1ccc(C)cc1)N(c1ccc(C)c(C)c1)S(C)(=O)=O. The van der Waals surface area contributed by atoms with Crippen LogP contribution in [0.5, 0.6) is 0 Å². The minimum atomic E-state index is -3.64. The van der Waals surface area contributed by atoms with Crippen LogP contribution in [0.25, 0.3) is 0 Å². The number of carbonyl (C=O) groups is 1. The van der Waals surface area contributed by atoms with Crippen LogP contribution >= 0.6 is 0 Å². The summed E-state index contributed by atoms with van der Waals surface area (Å²) in [5.74, 6) is -0.306. The van der Waals surface area contributed by atoms with E-state index in [1.165, 1.54) is 4.31 Å². The van der Waals surface area contributed by atoms with Crippen molar-refractivity contribution in [3.63, 3.8) is 0 Å². The van der Waals surface area contributed by atoms with Crippen LogP contribution in [0.15, 0.2) is 42.5 Å². The molecule has 0 saturated heterocycles. The van der Waals surface area contributed by atoms with Gasteiger partial charge in [-0.25, -0.2) is 8.42 Å². The van der Waals surface area contributed by atoms with E-state index < -0.39 is 16.1 Å². The van der Waals surface area contributed by atoms with E-state index in [9.17, 15) is 13.2 Å². The van der Waals surface area contributed by atoms with E-state index in [0.29, 0.717) is 12.1 Å². The van der Waals surface area contributed by atoms with Crippen molar-refractivity contribution in [2.75, 3.05) is 10.6 Å². The number of anilines is 1. The Bertz CT molecular complexity index is 937. The second-order valence-electron chi connectivity index (χ2n) is 7.39. The summed E-state index contributed by atoms with van der Waals surface area (Å²) in [6.45, 7) is 9.63. The second-order valence-corrected chi connectivity index (χ2v) is 9.25. The van der Waals surface area contributed by atoms with Gasteiger partial charge >= 0.3 is 0 Å². The first kappa shape index (κ1) is 22.0. The summed E-state index contributed by atoms with van der Waals surface area (Å²) >= 11 is 0. The van der Waals surface area contributed by atoms with Crippen molar-refractivity contribution in [3.8, 4) is 0 Å². The van der Waals surface area contributed by atoms with Gasteiger partial charge in [-0.15, -0.1) is 0 Å². The fraction of sp³-hybridized carbons (Fsp3) is 0.409. The maximum absolute atomic E-state index is 13.0. The molecule has 5 nitrogen and oxygen atoms in total. The van der Waals surface area contributed by atoms with Crippen LogP contribution in [0.3, 0.4) is 0 Å². The summed E-state index contributed by atoms with van der Waals surface area (Å²) < 4.78 is 26.4. The van der Waals surface area contributed by atoms with Crippen molar-refractivity contribution in [1.82, 2.24) is 5.32 Å². The fourth-order valence-corrected chi connectivity index (χ4v) is 4.37. The van der Waals surface area contributed by atoms with Crippen LogP contribution in [0.2, 0.25) is 0 Å². The van der Waals surface area contributed by atoms with Crippen LogP contribution in [0, 0.1) is 20.8 Å². The molecule has 0 aliphatic heterocycles. The fourth-order valence-electron chi connectivity index (χ4n) is 3.17. The molecule has 0 saturated carbocycles. The standard InChI is InChI=1S/C22H30N2O3S/c1-7-21(22(25)23-18(5)19-11-8-15(2)9-12-19)24(28(6,26)27)20-13-10-16(3)17(4)14-20/h8-14,18,21H,7H2,1-6H3,(H,23,25). The number of nitrogens with zero attached hydrogens (tertiary/aromatic N) is 1. The smallest absolute Gasteiger partial charge is 0.244 e. The number of sulfonamides is 1. The van der Waals surface area contributed by atoms with Gasteiger partial charge in [0.2, 0.25) is 15.9 Å². The number of rotatable bonds is 7. The zero-order valence-electron chi connectivity index (χ0n) is 17.5. The normalized spacial score (nSPS) is 13.6. The van der Waals surface area contributed by atoms with E-state index in [1.54, 1.807) is 6.07 Å². The largest absolute Gasteiger partial charge is 0.348 e. The summed E-state index contributed by atoms with van der Waals surface area (Å²) in [6, 6.07) is 12.3. The molecule has 1 N–H and O–H groups in total. The molecule has 0 heterocycles. The topological polar surface area (TPSA) is 66.5 Å². The van der Waals surface area contributed by atoms with Gasteiger partial charge in [0, 0.05) is 0 Å². The number of carbonyl (C=O) groups excluding carboxylic acids is 1. The van der Waals surface area contributed by atoms with E-state index in [-0.39, 0.29) is 11.9 Å². The predicted octanol–water partition coefficient (Wildman–Crippen LogP) is 4.03. The molecule has 2 rings (SSSR count). The van der Waals surface area contributed by atoms with E-state index in [0.717, 1.165) is 28.5 Å². The zero-order chi connectivity index (χ0) is 21.1. The quantitative estimate of drug-likeness (QED) is 0.760. The van der Waals surface area contributed by atoms with Crippen molar-refractivity contribution in [2.45, 2.75) is 53.1 Å². The highest BCUT2D eigenvalue weighted by Gasteiger charge is 2.32. The Morgan fingerprint density at radius 3 is 2.14 bits per heavy atom. The van der Waals surface area contributed by atoms with Crippen molar-refractivity contribution >= 4 is 21.6 Å². The van der Waals surface area contributed by atoms with Gasteiger partial charge in [-0.3, -0.25) is 9.10 Å². The molecule has 2 aromatic rings. The highest BCUT2D eigenvalue weighted by molar-refractivity contribution is 7.92. The maximum Gasteiger partial charge on any atom is 0.244 e. The number of nitrogens with one attached hydrogen (secondary N) is 1. The Kier molecular flexibility index (Phi) is 6.88. The van der Waals surface area contributed by atoms with E-state index in [4.69, 9.17) is 0 Å². The summed E-state index contributed by atoms with van der Waals surface area (Å²) in [5, 5.41) is 2.97. The average molecular weight is 403 g/mol. The molecule has 2 aromatic carbocycles. The number of benzene rings is 2. The Balaban J connectivity index is 2.33. The van der Waals surface area contributed by atoms with Gasteiger partial charge < -0.3 is 5.32 Å². The van der Waals surface area contributed by atoms with Crippen LogP contribution in [-0.2, 0) is 14.8 Å². The van der Waals surface area contributed by atoms with Gasteiger partial charge in [-0.2, -0.15) is 0 Å². The Morgan fingerprint density at radius 2 is 1.64 bits per heavy atom. The summed E-state index contributed by atoms with van der Waals surface area (Å²) in [6.07, 6.45) is 1.51. The zero-order valence-corrected chi connectivity index (χ0v) is 18.3. The van der Waals surface area contributed by atoms with Crippen molar-refractivity contribution in [3.05, 3.63) is 64.7 Å². The highest BCUT2D eigenvalue weighted by atomic mass is 32.2. The van der Waals surface area contributed by atoms with Crippen LogP contribution in [0.4, 0.5) is 5.69 Å². The van der Waals surface area contributed by atoms with Crippen molar-refractivity contribution < 1.29 is 13.2 Å². The summed E-state index contributed by atoms with van der Waals surface area (Å²) in [5.41, 5.74) is 4.69. The molecule has 0 aliphatic carbocycles. The van der Waals surface area contributed by atoms with Gasteiger partial charge in [0.05, 0.1) is 18.0 Å². The van der Waals surface area contributed by atoms with Crippen LogP contribution < -0.4 is 9.62 Å². The van der Waals surface area contributed by atoms with Crippen LogP contribution in [0.1, 0.15) is 48.6 Å². The number of hydrogen-bond acceptors (Lipinski definition) is 3. The molecule has 0 aliphatic rings. The first-order valence-corrected chi connectivity index (χ1v) is 11.3. The van der Waals surface area contributed by atoms with Crippen molar-refractivity contribution in [2.24, 2.45) is 0 Å². The minimum absolute atomic E-state index is 0.219. The maximum atomic E-state index is 13.0. The lowest BCUT2D eigenvalue weighted by molar-refractivity contribution is -0.122. The molecule has 2 atom stereocenters. The molecule has 1 amide bonds. The van der Waals surface area contributed by atoms with Gasteiger partial charge in [-0.05, 0) is 62.9 Å². The van der Waals surface area contributed by atoms with Gasteiger partial charge in [-0.1, -0.05) is 42.8 Å². The monoisotopic (exact) mass is 402 g/mol. The molecule has 152 valence electrons. The Hall–Kier alpha value is -2.34. The first-order valence-electron chi connectivity index (χ1n) is 9.48. The third-order valence-corrected chi connectivity index (χ3v) is 6.19. The predicted molar refractivity (Wildman–Crippen MR) is 115 cm³/mol. The summed E-state index contributed by atoms with van der Waals surface area (Å²) in [4.78, 5) is 13.0. The van der Waals surface area contributed by atoms with Crippen LogP contribution in [-0.4, -0.2) is 26.6 Å². The Morgan fingerprint density at radius 1 is 1.04 bits per heavy atom. The molecule has 28 heavy (non-hydrogen) atoms. The third-order valence-electron chi connectivity index (χ3n) is 5.01. The summed E-state index contributed by atoms with van der Waals surface area (Å²) in [7, 11) is -3.64. The highest BCUT2D eigenvalue weighted by Crippen LogP contribution is 2.25. The van der Waals surface area contributed by atoms with E-state index in [1.807, 2.05) is 71.0 Å². The molecule has 0 spiro atoms. The lowest BCUT2D eigenvalue weighted by Gasteiger charge is -2.31. The molecule has 0 fully saturated rings. The Labute approximate surface area is 168 Å². The number of hydrogen-bond donors (Lipinski definition) is 1. The molecule has 0 radical (unpaired) electrons. The van der Waals surface area contributed by atoms with E-state index >= 15 is 0 Å². The minimum Gasteiger partial charge on any atom is -0.348 e. The first-order chi connectivity index (χ1) is 13.0. The third kappa shape index (κ3) is 5.13. The molecule has 2 unspecified atom stereocenters. The lowest BCUT2D eigenvalue weighted by Crippen LogP contribution is -2.49. The number of aryl methyl sites for hydroxylation is 3. The molecular weight excluding hydrogens is 372 g/mol. The van der Waals surface area contributed by atoms with Gasteiger partial charge in [0.15, 0.2) is 0 Å². The molecular formula is C22H30N2O3S. The van der Waals surface area contributed by atoms with Gasteiger partial charge in [0.25, 0.3) is 0 Å². The second kappa shape index (κ2) is 8.78. The van der Waals surface area contributed by atoms with Crippen molar-refractivity contribution in [1.29, 1.82) is 0 Å². The lowest BCUT2D eigenvalue weighted by atomic mass is 10.1. The van der Waals surface area contributed by atoms with E-state index in [2.05, 4.69) is 5.32 Å². The average Bonchev–Trinajstić information content (AvgIpc) is 2.61. The molecule has 0 aromatic heterocycles. The molecule has 0 bridgehead atoms. The number of amides is 1. The van der Waals surface area contributed by atoms with Gasteiger partial charge in [0.1, 0.15) is 6.04 Å². The molecule has 6 heteroatoms.